The summed E-state index contributed by atoms with van der Waals surface area (Å²) in [5.74, 6) is -0.221. The van der Waals surface area contributed by atoms with Crippen LogP contribution in [0.5, 0.6) is 0 Å². The molecule has 3 aromatic rings. The number of amides is 2. The van der Waals surface area contributed by atoms with E-state index in [1.807, 2.05) is 84.8 Å². The fourth-order valence-corrected chi connectivity index (χ4v) is 4.28. The second-order valence-electron chi connectivity index (χ2n) is 8.07. The van der Waals surface area contributed by atoms with Crippen molar-refractivity contribution in [2.75, 3.05) is 6.54 Å². The van der Waals surface area contributed by atoms with Gasteiger partial charge in [0, 0.05) is 23.5 Å². The van der Waals surface area contributed by atoms with Crippen LogP contribution in [0.3, 0.4) is 0 Å². The van der Waals surface area contributed by atoms with Crippen molar-refractivity contribution in [3.05, 3.63) is 99.8 Å². The topological polar surface area (TPSA) is 40.6 Å². The Balaban J connectivity index is 1.76. The molecule has 3 rings (SSSR count). The van der Waals surface area contributed by atoms with E-state index in [0.717, 1.165) is 11.1 Å². The molecule has 0 radical (unpaired) electrons. The maximum absolute atomic E-state index is 13.4. The lowest BCUT2D eigenvalue weighted by molar-refractivity contribution is -0.140. The van der Waals surface area contributed by atoms with E-state index in [-0.39, 0.29) is 24.4 Å². The number of thiophene rings is 1. The van der Waals surface area contributed by atoms with E-state index in [2.05, 4.69) is 13.0 Å². The van der Waals surface area contributed by atoms with E-state index in [1.54, 1.807) is 28.4 Å². The Labute approximate surface area is 194 Å². The monoisotopic (exact) mass is 446 g/mol. The van der Waals surface area contributed by atoms with Crippen LogP contribution >= 0.6 is 11.3 Å². The summed E-state index contributed by atoms with van der Waals surface area (Å²) in [5, 5.41) is 2.05. The fraction of sp³-hybridized carbons (Fsp3) is 0.259. The molecule has 0 N–H and O–H groups in total. The molecule has 0 fully saturated rings. The van der Waals surface area contributed by atoms with Crippen LogP contribution in [0, 0.1) is 6.92 Å². The number of hydrogen-bond donors (Lipinski definition) is 0. The second kappa shape index (κ2) is 11.4. The first-order chi connectivity index (χ1) is 15.4. The van der Waals surface area contributed by atoms with E-state index in [0.29, 0.717) is 13.1 Å². The third-order valence-corrected chi connectivity index (χ3v) is 6.31. The predicted molar refractivity (Wildman–Crippen MR) is 132 cm³/mol. The van der Waals surface area contributed by atoms with Crippen molar-refractivity contribution in [2.45, 2.75) is 39.9 Å². The summed E-state index contributed by atoms with van der Waals surface area (Å²) in [4.78, 5) is 30.9. The molecule has 0 spiro atoms. The molecule has 4 nitrogen and oxygen atoms in total. The number of carbonyl (C=O) groups is 2. The first-order valence-electron chi connectivity index (χ1n) is 10.8. The van der Waals surface area contributed by atoms with Crippen molar-refractivity contribution in [1.29, 1.82) is 0 Å². The number of carbonyl (C=O) groups excluding carboxylic acids is 2. The minimum Gasteiger partial charge on any atom is -0.332 e. The summed E-state index contributed by atoms with van der Waals surface area (Å²) in [6.45, 7) is 7.04. The number of nitrogens with zero attached hydrogens (tertiary/aromatic N) is 2. The highest BCUT2D eigenvalue weighted by atomic mass is 32.1. The molecule has 1 aromatic heterocycles. The molecule has 166 valence electrons. The highest BCUT2D eigenvalue weighted by Gasteiger charge is 2.23. The normalized spacial score (nSPS) is 11.1. The van der Waals surface area contributed by atoms with Crippen molar-refractivity contribution in [2.24, 2.45) is 0 Å². The quantitative estimate of drug-likeness (QED) is 0.405. The van der Waals surface area contributed by atoms with Crippen molar-refractivity contribution < 1.29 is 9.59 Å². The minimum absolute atomic E-state index is 0.0485. The molecule has 0 saturated carbocycles. The van der Waals surface area contributed by atoms with E-state index < -0.39 is 0 Å². The van der Waals surface area contributed by atoms with Gasteiger partial charge in [-0.2, -0.15) is 0 Å². The van der Waals surface area contributed by atoms with Gasteiger partial charge in [0.05, 0.1) is 6.54 Å². The Morgan fingerprint density at radius 3 is 2.19 bits per heavy atom. The third kappa shape index (κ3) is 6.66. The molecule has 0 saturated heterocycles. The molecule has 0 atom stereocenters. The summed E-state index contributed by atoms with van der Waals surface area (Å²) >= 11 is 1.66. The molecule has 32 heavy (non-hydrogen) atoms. The highest BCUT2D eigenvalue weighted by molar-refractivity contribution is 7.10. The van der Waals surface area contributed by atoms with Crippen LogP contribution in [0.4, 0.5) is 0 Å². The Morgan fingerprint density at radius 1 is 0.938 bits per heavy atom. The second-order valence-corrected chi connectivity index (χ2v) is 9.07. The van der Waals surface area contributed by atoms with Crippen LogP contribution in [0.2, 0.25) is 0 Å². The first-order valence-corrected chi connectivity index (χ1v) is 11.7. The molecular formula is C27H30N2O2S. The van der Waals surface area contributed by atoms with Crippen LogP contribution in [0.25, 0.3) is 6.08 Å². The van der Waals surface area contributed by atoms with Gasteiger partial charge < -0.3 is 9.80 Å². The van der Waals surface area contributed by atoms with E-state index in [4.69, 9.17) is 0 Å². The van der Waals surface area contributed by atoms with E-state index in [1.165, 1.54) is 10.4 Å². The van der Waals surface area contributed by atoms with Gasteiger partial charge in [-0.05, 0) is 55.0 Å². The maximum Gasteiger partial charge on any atom is 0.247 e. The number of benzene rings is 2. The van der Waals surface area contributed by atoms with Gasteiger partial charge in [0.1, 0.15) is 6.54 Å². The predicted octanol–water partition coefficient (Wildman–Crippen LogP) is 5.54. The van der Waals surface area contributed by atoms with Gasteiger partial charge in [-0.15, -0.1) is 11.3 Å². The molecule has 2 amide bonds. The lowest BCUT2D eigenvalue weighted by Gasteiger charge is -2.29. The zero-order valence-corrected chi connectivity index (χ0v) is 19.7. The third-order valence-electron chi connectivity index (χ3n) is 5.30. The Bertz CT molecular complexity index is 1040. The SMILES string of the molecule is Cc1ccsc1CN(Cc1ccccc1)C(=O)CN(C(=O)/C=C/c1ccccc1)C(C)C. The molecular weight excluding hydrogens is 416 g/mol. The Kier molecular flexibility index (Phi) is 8.40. The van der Waals surface area contributed by atoms with Crippen LogP contribution in [-0.4, -0.2) is 34.2 Å². The molecule has 1 heterocycles. The largest absolute Gasteiger partial charge is 0.332 e. The summed E-state index contributed by atoms with van der Waals surface area (Å²) < 4.78 is 0. The lowest BCUT2D eigenvalue weighted by atomic mass is 10.2. The van der Waals surface area contributed by atoms with Crippen molar-refractivity contribution in [3.8, 4) is 0 Å². The molecule has 0 unspecified atom stereocenters. The first kappa shape index (κ1) is 23.5. The minimum atomic E-state index is -0.163. The average Bonchev–Trinajstić information content (AvgIpc) is 3.20. The lowest BCUT2D eigenvalue weighted by Crippen LogP contribution is -2.45. The number of hydrogen-bond acceptors (Lipinski definition) is 3. The summed E-state index contributed by atoms with van der Waals surface area (Å²) in [5.41, 5.74) is 3.21. The fourth-order valence-electron chi connectivity index (χ4n) is 3.36. The van der Waals surface area contributed by atoms with Crippen LogP contribution < -0.4 is 0 Å². The Hall–Kier alpha value is -3.18. The van der Waals surface area contributed by atoms with E-state index >= 15 is 0 Å². The van der Waals surface area contributed by atoms with Gasteiger partial charge in [-0.3, -0.25) is 9.59 Å². The molecule has 0 aliphatic rings. The van der Waals surface area contributed by atoms with Gasteiger partial charge >= 0.3 is 0 Å². The summed E-state index contributed by atoms with van der Waals surface area (Å²) in [7, 11) is 0. The maximum atomic E-state index is 13.4. The van der Waals surface area contributed by atoms with Gasteiger partial charge in [0.2, 0.25) is 11.8 Å². The summed E-state index contributed by atoms with van der Waals surface area (Å²) in [6, 6.07) is 21.7. The zero-order valence-electron chi connectivity index (χ0n) is 18.9. The molecule has 5 heteroatoms. The Morgan fingerprint density at radius 2 is 1.59 bits per heavy atom. The zero-order chi connectivity index (χ0) is 22.9. The van der Waals surface area contributed by atoms with E-state index in [9.17, 15) is 9.59 Å². The van der Waals surface area contributed by atoms with Gasteiger partial charge in [-0.1, -0.05) is 60.7 Å². The smallest absolute Gasteiger partial charge is 0.247 e. The van der Waals surface area contributed by atoms with Crippen molar-refractivity contribution in [1.82, 2.24) is 9.80 Å². The van der Waals surface area contributed by atoms with Gasteiger partial charge in [0.15, 0.2) is 0 Å². The van der Waals surface area contributed by atoms with Gasteiger partial charge in [-0.25, -0.2) is 0 Å². The van der Waals surface area contributed by atoms with Gasteiger partial charge in [0.25, 0.3) is 0 Å². The standard InChI is InChI=1S/C27H30N2O2S/c1-21(2)29(26(30)15-14-23-10-6-4-7-11-23)20-27(31)28(18-24-12-8-5-9-13-24)19-25-22(3)16-17-32-25/h4-17,21H,18-20H2,1-3H3/b15-14+. The van der Waals surface area contributed by atoms with Crippen LogP contribution in [-0.2, 0) is 22.7 Å². The van der Waals surface area contributed by atoms with Crippen molar-refractivity contribution in [3.63, 3.8) is 0 Å². The number of rotatable bonds is 9. The number of aryl methyl sites for hydroxylation is 1. The highest BCUT2D eigenvalue weighted by Crippen LogP contribution is 2.20. The van der Waals surface area contributed by atoms with Crippen molar-refractivity contribution >= 4 is 29.2 Å². The molecule has 0 aliphatic heterocycles. The average molecular weight is 447 g/mol. The molecule has 2 aromatic carbocycles. The summed E-state index contributed by atoms with van der Waals surface area (Å²) in [6.07, 6.45) is 3.34. The van der Waals surface area contributed by atoms with Crippen LogP contribution in [0.15, 0.2) is 78.2 Å². The van der Waals surface area contributed by atoms with Crippen LogP contribution in [0.1, 0.15) is 35.4 Å². The molecule has 0 bridgehead atoms. The molecule has 0 aliphatic carbocycles.